The summed E-state index contributed by atoms with van der Waals surface area (Å²) in [4.78, 5) is 29.3. The number of carbonyl (C=O) groups is 2. The van der Waals surface area contributed by atoms with Crippen molar-refractivity contribution in [3.8, 4) is 5.75 Å². The first-order chi connectivity index (χ1) is 15.5. The van der Waals surface area contributed by atoms with Gasteiger partial charge in [0.15, 0.2) is 0 Å². The number of hydrogen-bond donors (Lipinski definition) is 2. The third-order valence-electron chi connectivity index (χ3n) is 6.99. The highest BCUT2D eigenvalue weighted by Gasteiger charge is 2.57. The number of benzene rings is 1. The van der Waals surface area contributed by atoms with Crippen LogP contribution in [0.5, 0.6) is 5.75 Å². The highest BCUT2D eigenvalue weighted by Crippen LogP contribution is 2.52. The summed E-state index contributed by atoms with van der Waals surface area (Å²) < 4.78 is 5.97. The molecule has 0 saturated carbocycles. The van der Waals surface area contributed by atoms with E-state index in [0.29, 0.717) is 19.4 Å². The van der Waals surface area contributed by atoms with Crippen LogP contribution in [0.3, 0.4) is 0 Å². The Balaban J connectivity index is 1.51. The van der Waals surface area contributed by atoms with Crippen LogP contribution in [0.25, 0.3) is 0 Å². The third kappa shape index (κ3) is 3.60. The fourth-order valence-corrected chi connectivity index (χ4v) is 6.36. The monoisotopic (exact) mass is 451 g/mol. The molecule has 2 aromatic rings. The Bertz CT molecular complexity index is 1070. The standard InChI is InChI=1S/C24H26BNO5S/c1-2-5-15-11-19-21(24(29)26(23(19)28)13-17-8-4-9-32-17)18-12-20(31-25(30)22(15)18)14-6-3-7-16(27)10-14/h3-4,6-10,18-21,27,30H,2,5,11-13H2,1H3/t18-,19-,20-,21+/m0/s1. The number of hydrogen-bond acceptors (Lipinski definition) is 6. The highest BCUT2D eigenvalue weighted by atomic mass is 32.1. The summed E-state index contributed by atoms with van der Waals surface area (Å²) in [5, 5.41) is 22.8. The van der Waals surface area contributed by atoms with Crippen LogP contribution < -0.4 is 0 Å². The molecule has 1 aliphatic carbocycles. The van der Waals surface area contributed by atoms with Gasteiger partial charge in [-0.25, -0.2) is 0 Å². The smallest absolute Gasteiger partial charge is 0.487 e. The van der Waals surface area contributed by atoms with Gasteiger partial charge in [0.25, 0.3) is 0 Å². The fraction of sp³-hybridized carbons (Fsp3) is 0.417. The lowest BCUT2D eigenvalue weighted by molar-refractivity contribution is -0.140. The summed E-state index contributed by atoms with van der Waals surface area (Å²) in [6.07, 6.45) is 2.22. The molecule has 3 aliphatic rings. The molecule has 0 bridgehead atoms. The maximum atomic E-state index is 13.5. The molecular weight excluding hydrogens is 425 g/mol. The van der Waals surface area contributed by atoms with Crippen molar-refractivity contribution in [3.63, 3.8) is 0 Å². The number of rotatable bonds is 5. The Hall–Kier alpha value is -2.42. The molecule has 2 fully saturated rings. The summed E-state index contributed by atoms with van der Waals surface area (Å²) >= 11 is 1.54. The molecule has 6 nitrogen and oxygen atoms in total. The minimum Gasteiger partial charge on any atom is -0.508 e. The Morgan fingerprint density at radius 1 is 1.19 bits per heavy atom. The van der Waals surface area contributed by atoms with Gasteiger partial charge in [-0.3, -0.25) is 14.5 Å². The Labute approximate surface area is 191 Å². The van der Waals surface area contributed by atoms with Gasteiger partial charge in [-0.05, 0) is 59.8 Å². The van der Waals surface area contributed by atoms with E-state index in [1.54, 1.807) is 18.2 Å². The maximum Gasteiger partial charge on any atom is 0.487 e. The lowest BCUT2D eigenvalue weighted by Crippen LogP contribution is -2.44. The van der Waals surface area contributed by atoms with E-state index in [4.69, 9.17) is 4.65 Å². The van der Waals surface area contributed by atoms with Crippen LogP contribution in [0, 0.1) is 17.8 Å². The minimum atomic E-state index is -1.11. The lowest BCUT2D eigenvalue weighted by atomic mass is 9.54. The van der Waals surface area contributed by atoms with Crippen LogP contribution in [0.2, 0.25) is 0 Å². The SMILES string of the molecule is CCCC1=C2B(O)O[C@H](c3cccc(O)c3)C[C@H]2[C@H]2C(=O)N(Cc3cccs3)C(=O)[C@H]2C1. The van der Waals surface area contributed by atoms with E-state index in [1.807, 2.05) is 23.6 Å². The predicted molar refractivity (Wildman–Crippen MR) is 121 cm³/mol. The second-order valence-electron chi connectivity index (χ2n) is 8.90. The number of phenols is 1. The molecule has 0 spiro atoms. The number of allylic oxidation sites excluding steroid dienone is 2. The summed E-state index contributed by atoms with van der Waals surface area (Å²) in [5.74, 6) is -1.23. The number of likely N-dealkylation sites (tertiary alicyclic amines) is 1. The molecule has 5 rings (SSSR count). The molecule has 166 valence electrons. The van der Waals surface area contributed by atoms with Crippen LogP contribution in [0.1, 0.15) is 49.2 Å². The van der Waals surface area contributed by atoms with Crippen LogP contribution >= 0.6 is 11.3 Å². The number of imide groups is 1. The van der Waals surface area contributed by atoms with E-state index >= 15 is 0 Å². The molecule has 2 saturated heterocycles. The van der Waals surface area contributed by atoms with Gasteiger partial charge in [0.2, 0.25) is 11.8 Å². The number of phenolic OH excluding ortho intramolecular Hbond substituents is 1. The van der Waals surface area contributed by atoms with E-state index in [9.17, 15) is 19.7 Å². The topological polar surface area (TPSA) is 87.1 Å². The van der Waals surface area contributed by atoms with E-state index in [2.05, 4.69) is 6.92 Å². The number of nitrogens with zero attached hydrogens (tertiary/aromatic N) is 1. The van der Waals surface area contributed by atoms with Crippen molar-refractivity contribution in [2.75, 3.05) is 0 Å². The normalized spacial score (nSPS) is 27.7. The highest BCUT2D eigenvalue weighted by molar-refractivity contribution is 7.09. The summed E-state index contributed by atoms with van der Waals surface area (Å²) in [5.41, 5.74) is 2.61. The first kappa shape index (κ1) is 21.4. The van der Waals surface area contributed by atoms with Crippen molar-refractivity contribution >= 4 is 30.3 Å². The van der Waals surface area contributed by atoms with Crippen LogP contribution in [-0.2, 0) is 20.8 Å². The van der Waals surface area contributed by atoms with E-state index in [0.717, 1.165) is 34.3 Å². The molecule has 1 aromatic carbocycles. The van der Waals surface area contributed by atoms with E-state index < -0.39 is 19.1 Å². The fourth-order valence-electron chi connectivity index (χ4n) is 5.67. The largest absolute Gasteiger partial charge is 0.508 e. The van der Waals surface area contributed by atoms with E-state index in [1.165, 1.54) is 16.2 Å². The molecule has 2 amide bonds. The maximum absolute atomic E-state index is 13.5. The average molecular weight is 451 g/mol. The molecule has 2 N–H and O–H groups in total. The molecule has 4 atom stereocenters. The van der Waals surface area contributed by atoms with E-state index in [-0.39, 0.29) is 29.4 Å². The number of amides is 2. The Kier molecular flexibility index (Phi) is 5.69. The zero-order chi connectivity index (χ0) is 22.4. The second-order valence-corrected chi connectivity index (χ2v) is 9.93. The zero-order valence-corrected chi connectivity index (χ0v) is 18.8. The number of aromatic hydroxyl groups is 1. The number of fused-ring (bicyclic) bond motifs is 3. The number of thiophene rings is 1. The van der Waals surface area contributed by atoms with Crippen molar-refractivity contribution in [2.45, 2.75) is 45.3 Å². The van der Waals surface area contributed by atoms with Gasteiger partial charge in [-0.15, -0.1) is 11.3 Å². The zero-order valence-electron chi connectivity index (χ0n) is 17.9. The quantitative estimate of drug-likeness (QED) is 0.533. The van der Waals surface area contributed by atoms with Crippen molar-refractivity contribution in [1.82, 2.24) is 4.90 Å². The van der Waals surface area contributed by atoms with Crippen molar-refractivity contribution in [2.24, 2.45) is 17.8 Å². The van der Waals surface area contributed by atoms with Gasteiger partial charge < -0.3 is 14.8 Å². The Morgan fingerprint density at radius 2 is 2.03 bits per heavy atom. The van der Waals surface area contributed by atoms with Crippen LogP contribution in [0.15, 0.2) is 52.8 Å². The van der Waals surface area contributed by atoms with Gasteiger partial charge in [-0.2, -0.15) is 0 Å². The molecule has 32 heavy (non-hydrogen) atoms. The molecule has 1 aromatic heterocycles. The molecule has 2 aliphatic heterocycles. The lowest BCUT2D eigenvalue weighted by Gasteiger charge is -2.42. The van der Waals surface area contributed by atoms with Gasteiger partial charge in [-0.1, -0.05) is 37.1 Å². The Morgan fingerprint density at radius 3 is 2.75 bits per heavy atom. The molecule has 8 heteroatoms. The second kappa shape index (κ2) is 8.50. The first-order valence-corrected chi connectivity index (χ1v) is 12.1. The molecule has 0 radical (unpaired) electrons. The van der Waals surface area contributed by atoms with Crippen molar-refractivity contribution < 1.29 is 24.4 Å². The van der Waals surface area contributed by atoms with Gasteiger partial charge in [0.1, 0.15) is 5.75 Å². The summed E-state index contributed by atoms with van der Waals surface area (Å²) in [6.45, 7) is 2.38. The van der Waals surface area contributed by atoms with Crippen molar-refractivity contribution in [1.29, 1.82) is 0 Å². The minimum absolute atomic E-state index is 0.101. The van der Waals surface area contributed by atoms with Crippen LogP contribution in [0.4, 0.5) is 0 Å². The van der Waals surface area contributed by atoms with Gasteiger partial charge >= 0.3 is 7.12 Å². The number of carbonyl (C=O) groups excluding carboxylic acids is 2. The molecular formula is C24H26BNO5S. The molecule has 3 heterocycles. The summed E-state index contributed by atoms with van der Waals surface area (Å²) in [7, 11) is -1.11. The van der Waals surface area contributed by atoms with Crippen LogP contribution in [-0.4, -0.2) is 34.0 Å². The molecule has 0 unspecified atom stereocenters. The van der Waals surface area contributed by atoms with Gasteiger partial charge in [0.05, 0.1) is 24.5 Å². The predicted octanol–water partition coefficient (Wildman–Crippen LogP) is 3.85. The summed E-state index contributed by atoms with van der Waals surface area (Å²) in [6, 6.07) is 10.7. The van der Waals surface area contributed by atoms with Gasteiger partial charge in [0, 0.05) is 4.88 Å². The average Bonchev–Trinajstić information content (AvgIpc) is 3.37. The third-order valence-corrected chi connectivity index (χ3v) is 7.85. The van der Waals surface area contributed by atoms with Crippen molar-refractivity contribution in [3.05, 3.63) is 63.3 Å². The first-order valence-electron chi connectivity index (χ1n) is 11.2.